The van der Waals surface area contributed by atoms with Gasteiger partial charge in [0.05, 0.1) is 15.7 Å². The van der Waals surface area contributed by atoms with Crippen LogP contribution < -0.4 is 5.32 Å². The highest BCUT2D eigenvalue weighted by atomic mass is 35.5. The smallest absolute Gasteiger partial charge is 0.255 e. The molecule has 2 N–H and O–H groups in total. The second-order valence-electron chi connectivity index (χ2n) is 8.55. The van der Waals surface area contributed by atoms with Crippen molar-refractivity contribution in [3.63, 3.8) is 0 Å². The van der Waals surface area contributed by atoms with Gasteiger partial charge in [-0.15, -0.1) is 0 Å². The second-order valence-corrected chi connectivity index (χ2v) is 11.0. The minimum absolute atomic E-state index is 0.0450. The molecule has 1 aliphatic carbocycles. The van der Waals surface area contributed by atoms with Gasteiger partial charge in [-0.3, -0.25) is 4.79 Å². The Morgan fingerprint density at radius 2 is 1.75 bits per heavy atom. The molecule has 2 aromatic rings. The molecule has 2 aromatic carbocycles. The number of amides is 1. The van der Waals surface area contributed by atoms with E-state index >= 15 is 0 Å². The first kappa shape index (κ1) is 24.5. The van der Waals surface area contributed by atoms with Gasteiger partial charge in [0.2, 0.25) is 0 Å². The van der Waals surface area contributed by atoms with E-state index in [2.05, 4.69) is 5.32 Å². The highest BCUT2D eigenvalue weighted by Crippen LogP contribution is 2.39. The van der Waals surface area contributed by atoms with E-state index in [0.717, 1.165) is 6.07 Å². The Morgan fingerprint density at radius 3 is 2.31 bits per heavy atom. The van der Waals surface area contributed by atoms with Crippen LogP contribution in [-0.4, -0.2) is 31.8 Å². The highest BCUT2D eigenvalue weighted by molar-refractivity contribution is 7.91. The molecule has 32 heavy (non-hydrogen) atoms. The number of halogens is 4. The number of carbonyl (C=O) groups excluding carboxylic acids is 1. The van der Waals surface area contributed by atoms with Crippen LogP contribution in [0, 0.1) is 28.8 Å². The summed E-state index contributed by atoms with van der Waals surface area (Å²) in [7, 11) is -3.83. The fraction of sp³-hybridized carbons (Fsp3) is 0.409. The highest BCUT2D eigenvalue weighted by Gasteiger charge is 2.33. The first-order valence-corrected chi connectivity index (χ1v) is 12.1. The summed E-state index contributed by atoms with van der Waals surface area (Å²) in [6, 6.07) is 4.89. The molecule has 0 atom stereocenters. The summed E-state index contributed by atoms with van der Waals surface area (Å²) in [5.41, 5.74) is -0.607. The largest absolute Gasteiger partial charge is 0.396 e. The summed E-state index contributed by atoms with van der Waals surface area (Å²) < 4.78 is 65.9. The Bertz CT molecular complexity index is 1110. The van der Waals surface area contributed by atoms with Gasteiger partial charge >= 0.3 is 0 Å². The molecule has 0 spiro atoms. The predicted octanol–water partition coefficient (Wildman–Crippen LogP) is 4.97. The van der Waals surface area contributed by atoms with Crippen LogP contribution in [0.3, 0.4) is 0 Å². The van der Waals surface area contributed by atoms with Crippen molar-refractivity contribution in [3.8, 4) is 0 Å². The summed E-state index contributed by atoms with van der Waals surface area (Å²) in [6.45, 7) is 2.02. The van der Waals surface area contributed by atoms with Gasteiger partial charge < -0.3 is 10.4 Å². The molecule has 0 aromatic heterocycles. The van der Waals surface area contributed by atoms with Crippen molar-refractivity contribution in [3.05, 3.63) is 58.4 Å². The molecule has 0 bridgehead atoms. The lowest BCUT2D eigenvalue weighted by atomic mass is 9.73. The van der Waals surface area contributed by atoms with E-state index < -0.39 is 33.2 Å². The molecule has 5 nitrogen and oxygen atoms in total. The third-order valence-corrected chi connectivity index (χ3v) is 8.28. The van der Waals surface area contributed by atoms with Gasteiger partial charge in [-0.25, -0.2) is 21.6 Å². The number of hydrogen-bond donors (Lipinski definition) is 2. The van der Waals surface area contributed by atoms with Gasteiger partial charge in [0, 0.05) is 30.0 Å². The maximum atomic E-state index is 13.4. The zero-order valence-corrected chi connectivity index (χ0v) is 18.9. The van der Waals surface area contributed by atoms with Crippen molar-refractivity contribution in [2.24, 2.45) is 11.3 Å². The number of sulfone groups is 1. The van der Waals surface area contributed by atoms with E-state index in [1.807, 2.05) is 6.92 Å². The number of hydrogen-bond acceptors (Lipinski definition) is 4. The Hall–Kier alpha value is -2.10. The average Bonchev–Trinajstić information content (AvgIpc) is 2.73. The fourth-order valence-electron chi connectivity index (χ4n) is 3.81. The molecule has 0 heterocycles. The van der Waals surface area contributed by atoms with Crippen molar-refractivity contribution in [2.45, 2.75) is 37.5 Å². The average molecular weight is 490 g/mol. The molecule has 0 unspecified atom stereocenters. The maximum absolute atomic E-state index is 13.4. The van der Waals surface area contributed by atoms with E-state index in [9.17, 15) is 31.5 Å². The van der Waals surface area contributed by atoms with Crippen molar-refractivity contribution in [1.29, 1.82) is 0 Å². The first-order valence-electron chi connectivity index (χ1n) is 10.0. The van der Waals surface area contributed by atoms with Gasteiger partial charge in [-0.05, 0) is 55.2 Å². The molecule has 0 radical (unpaired) electrons. The molecule has 1 amide bonds. The molecule has 10 heteroatoms. The standard InChI is InChI=1S/C22H23ClF3NO4S/c1-22(12-28)6-4-13(5-7-22)11-32(30,31)19-8-14(2-3-16(19)23)21(29)27-15-9-17(24)20(26)18(25)10-15/h2-3,8-10,13,28H,4-7,11-12H2,1H3,(H,27,29). The Balaban J connectivity index is 1.78. The van der Waals surface area contributed by atoms with Crippen LogP contribution in [0.5, 0.6) is 0 Å². The Kier molecular flexibility index (Phi) is 7.21. The van der Waals surface area contributed by atoms with Crippen LogP contribution in [0.15, 0.2) is 35.2 Å². The van der Waals surface area contributed by atoms with E-state index in [-0.39, 0.29) is 44.9 Å². The van der Waals surface area contributed by atoms with Crippen molar-refractivity contribution in [2.75, 3.05) is 17.7 Å². The molecule has 0 saturated heterocycles. The summed E-state index contributed by atoms with van der Waals surface area (Å²) in [6.07, 6.45) is 2.72. The van der Waals surface area contributed by atoms with Gasteiger partial charge in [-0.1, -0.05) is 18.5 Å². The van der Waals surface area contributed by atoms with Gasteiger partial charge in [0.1, 0.15) is 0 Å². The molecule has 1 fully saturated rings. The maximum Gasteiger partial charge on any atom is 0.255 e. The third kappa shape index (κ3) is 5.44. The second kappa shape index (κ2) is 9.41. The molecule has 1 aliphatic rings. The molecular weight excluding hydrogens is 467 g/mol. The minimum Gasteiger partial charge on any atom is -0.396 e. The van der Waals surface area contributed by atoms with E-state index in [4.69, 9.17) is 11.6 Å². The van der Waals surface area contributed by atoms with E-state index in [1.165, 1.54) is 12.1 Å². The summed E-state index contributed by atoms with van der Waals surface area (Å²) in [5, 5.41) is 11.7. The zero-order valence-electron chi connectivity index (χ0n) is 17.3. The van der Waals surface area contributed by atoms with Gasteiger partial charge in [-0.2, -0.15) is 0 Å². The normalized spacial score (nSPS) is 21.4. The number of aliphatic hydroxyl groups excluding tert-OH is 1. The Labute approximate surface area is 189 Å². The summed E-state index contributed by atoms with van der Waals surface area (Å²) in [4.78, 5) is 12.3. The van der Waals surface area contributed by atoms with Crippen molar-refractivity contribution in [1.82, 2.24) is 0 Å². The number of rotatable bonds is 6. The van der Waals surface area contributed by atoms with Crippen LogP contribution in [-0.2, 0) is 9.84 Å². The quantitative estimate of drug-likeness (QED) is 0.561. The lowest BCUT2D eigenvalue weighted by Crippen LogP contribution is -2.30. The molecular formula is C22H23ClF3NO4S. The molecule has 3 rings (SSSR count). The van der Waals surface area contributed by atoms with Crippen LogP contribution >= 0.6 is 11.6 Å². The predicted molar refractivity (Wildman–Crippen MR) is 115 cm³/mol. The first-order chi connectivity index (χ1) is 14.9. The Morgan fingerprint density at radius 1 is 1.16 bits per heavy atom. The van der Waals surface area contributed by atoms with Crippen LogP contribution in [0.2, 0.25) is 5.02 Å². The lowest BCUT2D eigenvalue weighted by Gasteiger charge is -2.35. The summed E-state index contributed by atoms with van der Waals surface area (Å²) >= 11 is 6.11. The van der Waals surface area contributed by atoms with Gasteiger partial charge in [0.15, 0.2) is 27.3 Å². The monoisotopic (exact) mass is 489 g/mol. The number of anilines is 1. The third-order valence-electron chi connectivity index (χ3n) is 5.92. The molecule has 1 saturated carbocycles. The number of carbonyl (C=O) groups is 1. The summed E-state index contributed by atoms with van der Waals surface area (Å²) in [5.74, 6) is -5.68. The minimum atomic E-state index is -3.83. The number of benzene rings is 2. The van der Waals surface area contributed by atoms with Crippen LogP contribution in [0.4, 0.5) is 18.9 Å². The van der Waals surface area contributed by atoms with E-state index in [0.29, 0.717) is 37.8 Å². The fourth-order valence-corrected chi connectivity index (χ4v) is 6.09. The number of nitrogens with one attached hydrogen (secondary N) is 1. The topological polar surface area (TPSA) is 83.5 Å². The SMILES string of the molecule is CC1(CO)CCC(CS(=O)(=O)c2cc(C(=O)Nc3cc(F)c(F)c(F)c3)ccc2Cl)CC1. The van der Waals surface area contributed by atoms with Crippen LogP contribution in [0.1, 0.15) is 43.0 Å². The zero-order chi connectivity index (χ0) is 23.7. The molecule has 0 aliphatic heterocycles. The van der Waals surface area contributed by atoms with Crippen LogP contribution in [0.25, 0.3) is 0 Å². The van der Waals surface area contributed by atoms with E-state index in [1.54, 1.807) is 0 Å². The number of aliphatic hydroxyl groups is 1. The van der Waals surface area contributed by atoms with Crippen molar-refractivity contribution < 1.29 is 31.5 Å². The van der Waals surface area contributed by atoms with Gasteiger partial charge in [0.25, 0.3) is 5.91 Å². The lowest BCUT2D eigenvalue weighted by molar-refractivity contribution is 0.0851. The molecule has 174 valence electrons. The van der Waals surface area contributed by atoms with Crippen molar-refractivity contribution >= 4 is 33.0 Å².